The van der Waals surface area contributed by atoms with Gasteiger partial charge in [0.25, 0.3) is 0 Å². The largest absolute Gasteiger partial charge is 0.456 e. The zero-order chi connectivity index (χ0) is 23.8. The first-order valence-electron chi connectivity index (χ1n) is 10.4. The lowest BCUT2D eigenvalue weighted by Gasteiger charge is -2.10. The van der Waals surface area contributed by atoms with Crippen LogP contribution in [0.1, 0.15) is 32.9 Å². The Bertz CT molecular complexity index is 1250. The average molecular weight is 467 g/mol. The average Bonchev–Trinajstić information content (AvgIpc) is 3.10. The number of ether oxygens (including phenoxy) is 1. The Morgan fingerprint density at radius 1 is 1.00 bits per heavy atom. The van der Waals surface area contributed by atoms with E-state index in [9.17, 15) is 18.0 Å². The molecule has 1 heterocycles. The molecule has 3 rings (SSSR count). The van der Waals surface area contributed by atoms with Gasteiger partial charge in [0, 0.05) is 28.9 Å². The third-order valence-corrected chi connectivity index (χ3v) is 6.12. The normalized spacial score (nSPS) is 11.6. The molecule has 0 fully saturated rings. The summed E-state index contributed by atoms with van der Waals surface area (Å²) in [5, 5.41) is 0.975. The Labute approximate surface area is 193 Å². The molecule has 0 aliphatic rings. The Kier molecular flexibility index (Phi) is 7.97. The first kappa shape index (κ1) is 24.2. The molecular formula is C25H26N2O5S. The maximum atomic E-state index is 12.6. The number of benzene rings is 2. The number of carbonyl (C=O) groups is 2. The van der Waals surface area contributed by atoms with Crippen LogP contribution in [0.25, 0.3) is 6.08 Å². The molecule has 3 aromatic rings. The van der Waals surface area contributed by atoms with Crippen LogP contribution in [0.15, 0.2) is 72.1 Å². The maximum absolute atomic E-state index is 12.6. The van der Waals surface area contributed by atoms with E-state index >= 15 is 0 Å². The van der Waals surface area contributed by atoms with Gasteiger partial charge in [-0.05, 0) is 37.1 Å². The van der Waals surface area contributed by atoms with Gasteiger partial charge in [0.15, 0.2) is 6.61 Å². The molecule has 0 saturated heterocycles. The van der Waals surface area contributed by atoms with Gasteiger partial charge in [0.05, 0.1) is 0 Å². The van der Waals surface area contributed by atoms with Crippen molar-refractivity contribution in [2.45, 2.75) is 20.4 Å². The van der Waals surface area contributed by atoms with Gasteiger partial charge < -0.3 is 9.30 Å². The molecule has 0 aliphatic heterocycles. The van der Waals surface area contributed by atoms with Crippen LogP contribution in [0, 0.1) is 13.8 Å². The van der Waals surface area contributed by atoms with Crippen LogP contribution >= 0.6 is 0 Å². The van der Waals surface area contributed by atoms with Crippen LogP contribution in [0.5, 0.6) is 0 Å². The molecule has 0 bridgehead atoms. The summed E-state index contributed by atoms with van der Waals surface area (Å²) in [6, 6.07) is 20.6. The number of carbonyl (C=O) groups excluding carboxylic acids is 2. The number of nitrogens with one attached hydrogen (secondary N) is 1. The number of rotatable bonds is 10. The highest BCUT2D eigenvalue weighted by Gasteiger charge is 2.18. The van der Waals surface area contributed by atoms with Gasteiger partial charge in [-0.2, -0.15) is 0 Å². The first-order valence-corrected chi connectivity index (χ1v) is 11.9. The third-order valence-electron chi connectivity index (χ3n) is 5.08. The van der Waals surface area contributed by atoms with E-state index < -0.39 is 29.1 Å². The van der Waals surface area contributed by atoms with E-state index in [4.69, 9.17) is 4.74 Å². The zero-order valence-electron chi connectivity index (χ0n) is 18.5. The fourth-order valence-corrected chi connectivity index (χ4v) is 4.06. The van der Waals surface area contributed by atoms with Crippen molar-refractivity contribution >= 4 is 27.9 Å². The van der Waals surface area contributed by atoms with Gasteiger partial charge in [0.2, 0.25) is 15.8 Å². The fourth-order valence-electron chi connectivity index (χ4n) is 3.31. The quantitative estimate of drug-likeness (QED) is 0.365. The smallest absolute Gasteiger partial charge is 0.321 e. The van der Waals surface area contributed by atoms with Gasteiger partial charge in [-0.15, -0.1) is 0 Å². The highest BCUT2D eigenvalue weighted by Crippen LogP contribution is 2.18. The Balaban J connectivity index is 1.52. The number of sulfonamides is 1. The first-order chi connectivity index (χ1) is 15.7. The molecule has 0 amide bonds. The predicted molar refractivity (Wildman–Crippen MR) is 127 cm³/mol. The number of nitrogens with zero attached hydrogens (tertiary/aromatic N) is 1. The van der Waals surface area contributed by atoms with E-state index in [2.05, 4.69) is 4.72 Å². The molecule has 8 heteroatoms. The van der Waals surface area contributed by atoms with Gasteiger partial charge in [-0.25, -0.2) is 13.1 Å². The minimum Gasteiger partial charge on any atom is -0.456 e. The summed E-state index contributed by atoms with van der Waals surface area (Å²) in [4.78, 5) is 24.6. The second-order valence-corrected chi connectivity index (χ2v) is 9.17. The highest BCUT2D eigenvalue weighted by molar-refractivity contribution is 7.92. The van der Waals surface area contributed by atoms with E-state index in [1.807, 2.05) is 54.8 Å². The SMILES string of the molecule is Cc1cc(C(=O)COC(=O)CNS(=O)(=O)/C=C/c2ccccc2)c(C)n1Cc1ccccc1. The van der Waals surface area contributed by atoms with Gasteiger partial charge in [-0.1, -0.05) is 60.7 Å². The van der Waals surface area contributed by atoms with Gasteiger partial charge >= 0.3 is 5.97 Å². The van der Waals surface area contributed by atoms with Crippen molar-refractivity contribution < 1.29 is 22.7 Å². The van der Waals surface area contributed by atoms with Crippen LogP contribution in [0.3, 0.4) is 0 Å². The monoisotopic (exact) mass is 466 g/mol. The molecule has 0 saturated carbocycles. The van der Waals surface area contributed by atoms with E-state index in [-0.39, 0.29) is 5.78 Å². The Morgan fingerprint density at radius 3 is 2.30 bits per heavy atom. The number of aromatic nitrogens is 1. The van der Waals surface area contributed by atoms with Gasteiger partial charge in [-0.3, -0.25) is 9.59 Å². The van der Waals surface area contributed by atoms with E-state index in [1.54, 1.807) is 30.3 Å². The lowest BCUT2D eigenvalue weighted by molar-refractivity contribution is -0.141. The predicted octanol–water partition coefficient (Wildman–Crippen LogP) is 3.47. The number of aryl methyl sites for hydroxylation is 1. The molecule has 0 aliphatic carbocycles. The van der Waals surface area contributed by atoms with E-state index in [0.717, 1.165) is 22.4 Å². The maximum Gasteiger partial charge on any atom is 0.321 e. The molecule has 33 heavy (non-hydrogen) atoms. The summed E-state index contributed by atoms with van der Waals surface area (Å²) < 4.78 is 33.2. The standard InChI is InChI=1S/C25H26N2O5S/c1-19-15-23(20(2)27(19)17-22-11-7-4-8-12-22)24(28)18-32-25(29)16-26-33(30,31)14-13-21-9-5-3-6-10-21/h3-15,26H,16-18H2,1-2H3/b14-13+. The Morgan fingerprint density at radius 2 is 1.64 bits per heavy atom. The Hall–Kier alpha value is -3.49. The minimum atomic E-state index is -3.82. The molecule has 172 valence electrons. The lowest BCUT2D eigenvalue weighted by Crippen LogP contribution is -2.30. The third kappa shape index (κ3) is 7.00. The summed E-state index contributed by atoms with van der Waals surface area (Å²) in [5.41, 5.74) is 4.00. The molecule has 1 N–H and O–H groups in total. The zero-order valence-corrected chi connectivity index (χ0v) is 19.3. The van der Waals surface area contributed by atoms with Crippen LogP contribution in [-0.2, 0) is 26.1 Å². The van der Waals surface area contributed by atoms with Crippen molar-refractivity contribution in [1.29, 1.82) is 0 Å². The molecular weight excluding hydrogens is 440 g/mol. The van der Waals surface area contributed by atoms with Crippen LogP contribution in [0.4, 0.5) is 0 Å². The summed E-state index contributed by atoms with van der Waals surface area (Å²) in [5.74, 6) is -1.18. The molecule has 7 nitrogen and oxygen atoms in total. The van der Waals surface area contributed by atoms with E-state index in [0.29, 0.717) is 17.7 Å². The van der Waals surface area contributed by atoms with Gasteiger partial charge in [0.1, 0.15) is 6.54 Å². The lowest BCUT2D eigenvalue weighted by atomic mass is 10.1. The summed E-state index contributed by atoms with van der Waals surface area (Å²) in [6.45, 7) is 3.36. The summed E-state index contributed by atoms with van der Waals surface area (Å²) >= 11 is 0. The molecule has 1 aromatic heterocycles. The topological polar surface area (TPSA) is 94.5 Å². The fraction of sp³-hybridized carbons (Fsp3) is 0.200. The summed E-state index contributed by atoms with van der Waals surface area (Å²) in [7, 11) is -3.82. The van der Waals surface area contributed by atoms with Crippen LogP contribution < -0.4 is 4.72 Å². The molecule has 0 radical (unpaired) electrons. The van der Waals surface area contributed by atoms with Crippen molar-refractivity contribution in [3.05, 3.63) is 100 Å². The van der Waals surface area contributed by atoms with Crippen molar-refractivity contribution in [2.24, 2.45) is 0 Å². The minimum absolute atomic E-state index is 0.345. The molecule has 0 unspecified atom stereocenters. The molecule has 2 aromatic carbocycles. The van der Waals surface area contributed by atoms with Crippen LogP contribution in [-0.4, -0.2) is 37.9 Å². The molecule has 0 spiro atoms. The number of hydrogen-bond acceptors (Lipinski definition) is 5. The van der Waals surface area contributed by atoms with E-state index in [1.165, 1.54) is 6.08 Å². The number of Topliss-reactive ketones (excluding diaryl/α,β-unsaturated/α-hetero) is 1. The number of ketones is 1. The van der Waals surface area contributed by atoms with Crippen molar-refractivity contribution in [3.8, 4) is 0 Å². The second-order valence-electron chi connectivity index (χ2n) is 7.52. The van der Waals surface area contributed by atoms with Crippen molar-refractivity contribution in [3.63, 3.8) is 0 Å². The molecule has 0 atom stereocenters. The summed E-state index contributed by atoms with van der Waals surface area (Å²) in [6.07, 6.45) is 1.42. The number of esters is 1. The number of hydrogen-bond donors (Lipinski definition) is 1. The van der Waals surface area contributed by atoms with Crippen LogP contribution in [0.2, 0.25) is 0 Å². The highest BCUT2D eigenvalue weighted by atomic mass is 32.2. The van der Waals surface area contributed by atoms with Crippen molar-refractivity contribution in [2.75, 3.05) is 13.2 Å². The second kappa shape index (κ2) is 10.9. The van der Waals surface area contributed by atoms with Crippen molar-refractivity contribution in [1.82, 2.24) is 9.29 Å².